The van der Waals surface area contributed by atoms with Crippen LogP contribution in [0.1, 0.15) is 44.6 Å². The van der Waals surface area contributed by atoms with Crippen molar-refractivity contribution < 1.29 is 23.3 Å². The van der Waals surface area contributed by atoms with Crippen LogP contribution in [0.25, 0.3) is 0 Å². The third-order valence-corrected chi connectivity index (χ3v) is 5.88. The Hall–Kier alpha value is -2.93. The number of hydrogen-bond acceptors (Lipinski definition) is 4. The Kier molecular flexibility index (Phi) is 8.19. The first-order valence-corrected chi connectivity index (χ1v) is 11.6. The number of amides is 2. The van der Waals surface area contributed by atoms with E-state index in [1.165, 1.54) is 0 Å². The smallest absolute Gasteiger partial charge is 0.243 e. The lowest BCUT2D eigenvalue weighted by atomic mass is 10.1. The van der Waals surface area contributed by atoms with Gasteiger partial charge in [0.15, 0.2) is 11.5 Å². The summed E-state index contributed by atoms with van der Waals surface area (Å²) in [6, 6.07) is 15.9. The predicted octanol–water partition coefficient (Wildman–Crippen LogP) is 2.40. The molecule has 0 fully saturated rings. The fourth-order valence-corrected chi connectivity index (χ4v) is 3.93. The molecule has 2 unspecified atom stereocenters. The van der Waals surface area contributed by atoms with Gasteiger partial charge >= 0.3 is 0 Å². The van der Waals surface area contributed by atoms with Crippen LogP contribution in [0.2, 0.25) is 0 Å². The molecule has 0 radical (unpaired) electrons. The van der Waals surface area contributed by atoms with Gasteiger partial charge in [-0.05, 0) is 10.9 Å². The van der Waals surface area contributed by atoms with Gasteiger partial charge in [0.25, 0.3) is 0 Å². The molecule has 0 aliphatic rings. The molecular weight excluding hydrogens is 419 g/mol. The van der Waals surface area contributed by atoms with E-state index in [1.54, 1.807) is 67.6 Å². The Bertz CT molecular complexity index is 985. The van der Waals surface area contributed by atoms with Crippen molar-refractivity contribution in [3.8, 4) is 0 Å². The first-order chi connectivity index (χ1) is 16.1. The SMILES string of the molecule is [2H]C([2H])([2H])[S+](CCC(NC(=O)CC)C(=O)NCC(=O)c1ccccc1)C[13C](=O)[13c]1[13cH][13cH][13cH][13cH][13cH]1. The van der Waals surface area contributed by atoms with Crippen molar-refractivity contribution in [2.45, 2.75) is 25.8 Å². The van der Waals surface area contributed by atoms with Crippen molar-refractivity contribution in [3.63, 3.8) is 0 Å². The Labute approximate surface area is 190 Å². The standard InChI is InChI=1S/C24H28N2O4S/c1-3-23(29)26-20(24(30)25-16-21(27)18-10-6-4-7-11-18)14-15-31(2)17-22(28)19-12-8-5-9-13-19/h4-13,20H,3,14-17H2,1-2H3,(H-,25,26,29,30)/p+1/i2D3,5+1,8+1,9+1,12+1,13+1,19+1,22+1. The molecule has 0 aliphatic carbocycles. The summed E-state index contributed by atoms with van der Waals surface area (Å²) < 4.78 is 23.6. The number of benzene rings is 2. The normalized spacial score (nSPS) is 14.3. The van der Waals surface area contributed by atoms with Crippen LogP contribution >= 0.6 is 0 Å². The summed E-state index contributed by atoms with van der Waals surface area (Å²) in [5, 5.41) is 5.13. The van der Waals surface area contributed by atoms with E-state index in [0.717, 1.165) is 0 Å². The summed E-state index contributed by atoms with van der Waals surface area (Å²) in [4.78, 5) is 49.6. The zero-order chi connectivity index (χ0) is 25.1. The van der Waals surface area contributed by atoms with Gasteiger partial charge in [-0.2, -0.15) is 0 Å². The molecule has 2 aromatic rings. The Morgan fingerprint density at radius 3 is 2.06 bits per heavy atom. The predicted molar refractivity (Wildman–Crippen MR) is 124 cm³/mol. The highest BCUT2D eigenvalue weighted by molar-refractivity contribution is 7.96. The highest BCUT2D eigenvalue weighted by Crippen LogP contribution is 2.07. The number of rotatable bonds is 12. The third kappa shape index (κ3) is 8.38. The zero-order valence-electron chi connectivity index (χ0n) is 20.4. The maximum atomic E-state index is 12.8. The molecule has 2 rings (SSSR count). The van der Waals surface area contributed by atoms with E-state index >= 15 is 0 Å². The van der Waals surface area contributed by atoms with E-state index in [2.05, 4.69) is 10.6 Å². The Balaban J connectivity index is 2.05. The minimum atomic E-state index is -2.39. The van der Waals surface area contributed by atoms with Gasteiger partial charge in [0, 0.05) is 24.0 Å². The van der Waals surface area contributed by atoms with Crippen LogP contribution in [0.15, 0.2) is 60.7 Å². The summed E-state index contributed by atoms with van der Waals surface area (Å²) in [6.45, 7) is 1.38. The Morgan fingerprint density at radius 2 is 1.52 bits per heavy atom. The average molecular weight is 452 g/mol. The van der Waals surface area contributed by atoms with Crippen molar-refractivity contribution in [1.82, 2.24) is 10.6 Å². The molecule has 0 saturated heterocycles. The van der Waals surface area contributed by atoms with Crippen LogP contribution in [0.3, 0.4) is 0 Å². The molecule has 0 spiro atoms. The topological polar surface area (TPSA) is 92.3 Å². The van der Waals surface area contributed by atoms with Gasteiger partial charge in [0.2, 0.25) is 17.6 Å². The van der Waals surface area contributed by atoms with Crippen LogP contribution in [-0.2, 0) is 20.5 Å². The minimum absolute atomic E-state index is 0.0284. The molecule has 2 N–H and O–H groups in total. The molecule has 0 saturated carbocycles. The molecule has 31 heavy (non-hydrogen) atoms. The van der Waals surface area contributed by atoms with Gasteiger partial charge in [-0.3, -0.25) is 19.2 Å². The molecule has 2 aromatic carbocycles. The second-order valence-electron chi connectivity index (χ2n) is 6.90. The van der Waals surface area contributed by atoms with E-state index in [1.807, 2.05) is 0 Å². The fourth-order valence-electron chi connectivity index (χ4n) is 2.78. The van der Waals surface area contributed by atoms with Gasteiger partial charge in [0.05, 0.1) is 16.8 Å². The molecule has 0 aromatic heterocycles. The monoisotopic (exact) mass is 451 g/mol. The molecule has 6 nitrogen and oxygen atoms in total. The van der Waals surface area contributed by atoms with Gasteiger partial charge < -0.3 is 10.6 Å². The highest BCUT2D eigenvalue weighted by Gasteiger charge is 2.25. The molecule has 0 aliphatic heterocycles. The van der Waals surface area contributed by atoms with Crippen LogP contribution in [0, 0.1) is 0 Å². The lowest BCUT2D eigenvalue weighted by molar-refractivity contribution is -0.128. The van der Waals surface area contributed by atoms with Crippen molar-refractivity contribution >= 4 is 34.3 Å². The molecule has 7 heteroatoms. The summed E-state index contributed by atoms with van der Waals surface area (Å²) >= 11 is 0. The molecule has 164 valence electrons. The Morgan fingerprint density at radius 1 is 0.935 bits per heavy atom. The zero-order valence-corrected chi connectivity index (χ0v) is 18.2. The number of carbonyl (C=O) groups excluding carboxylic acids is 4. The second kappa shape index (κ2) is 12.7. The van der Waals surface area contributed by atoms with E-state index in [-0.39, 0.29) is 48.4 Å². The van der Waals surface area contributed by atoms with Gasteiger partial charge in [-0.1, -0.05) is 67.6 Å². The van der Waals surface area contributed by atoms with Crippen LogP contribution < -0.4 is 10.6 Å². The molecule has 2 atom stereocenters. The van der Waals surface area contributed by atoms with E-state index < -0.39 is 29.0 Å². The number of carbonyl (C=O) groups is 4. The van der Waals surface area contributed by atoms with Crippen molar-refractivity contribution in [2.24, 2.45) is 0 Å². The summed E-state index contributed by atoms with van der Waals surface area (Å²) in [5.41, 5.74) is 0.873. The second-order valence-corrected chi connectivity index (χ2v) is 8.58. The summed E-state index contributed by atoms with van der Waals surface area (Å²) in [7, 11) is -1.32. The van der Waals surface area contributed by atoms with E-state index in [0.29, 0.717) is 11.1 Å². The van der Waals surface area contributed by atoms with Crippen LogP contribution in [0.4, 0.5) is 0 Å². The molecule has 2 amide bonds. The molecule has 0 heterocycles. The van der Waals surface area contributed by atoms with Gasteiger partial charge in [-0.25, -0.2) is 0 Å². The first kappa shape index (κ1) is 20.0. The lowest BCUT2D eigenvalue weighted by Crippen LogP contribution is -2.48. The maximum Gasteiger partial charge on any atom is 0.243 e. The van der Waals surface area contributed by atoms with Crippen molar-refractivity contribution in [1.29, 1.82) is 0 Å². The number of hydrogen-bond donors (Lipinski definition) is 2. The molecular formula is C24H29N2O4S+. The quantitative estimate of drug-likeness (QED) is 0.295. The van der Waals surface area contributed by atoms with Crippen LogP contribution in [0.5, 0.6) is 0 Å². The number of nitrogens with one attached hydrogen (secondary N) is 2. The average Bonchev–Trinajstić information content (AvgIpc) is 2.83. The fraction of sp³-hybridized carbons (Fsp3) is 0.333. The van der Waals surface area contributed by atoms with E-state index in [4.69, 9.17) is 4.11 Å². The minimum Gasteiger partial charge on any atom is -0.347 e. The van der Waals surface area contributed by atoms with E-state index in [9.17, 15) is 19.2 Å². The third-order valence-electron chi connectivity index (χ3n) is 4.55. The summed E-state index contributed by atoms with van der Waals surface area (Å²) in [5.74, 6) is -1.65. The van der Waals surface area contributed by atoms with Crippen molar-refractivity contribution in [2.75, 3.05) is 24.2 Å². The van der Waals surface area contributed by atoms with Crippen molar-refractivity contribution in [3.05, 3.63) is 71.8 Å². The highest BCUT2D eigenvalue weighted by atomic mass is 32.2. The number of Topliss-reactive ketones (excluding diaryl/α,β-unsaturated/α-hetero) is 2. The maximum absolute atomic E-state index is 12.8. The van der Waals surface area contributed by atoms with Crippen LogP contribution in [-0.4, -0.2) is 53.7 Å². The van der Waals surface area contributed by atoms with Gasteiger partial charge in [-0.15, -0.1) is 0 Å². The largest absolute Gasteiger partial charge is 0.347 e. The molecule has 0 bridgehead atoms. The first-order valence-electron chi connectivity index (χ1n) is 11.5. The number of ketones is 2. The van der Waals surface area contributed by atoms with Gasteiger partial charge in [0.1, 0.15) is 11.8 Å². The summed E-state index contributed by atoms with van der Waals surface area (Å²) in [6.07, 6.45) is -2.21. The lowest BCUT2D eigenvalue weighted by Gasteiger charge is -2.17.